The second-order valence-electron chi connectivity index (χ2n) is 16.0. The maximum atomic E-state index is 13.6. The van der Waals surface area contributed by atoms with Gasteiger partial charge in [0.1, 0.15) is 37.9 Å². The van der Waals surface area contributed by atoms with Gasteiger partial charge in [-0.05, 0) is 128 Å². The van der Waals surface area contributed by atoms with Crippen molar-refractivity contribution < 1.29 is 38.4 Å². The van der Waals surface area contributed by atoms with Gasteiger partial charge in [0.25, 0.3) is 5.56 Å². The second kappa shape index (κ2) is 21.4. The van der Waals surface area contributed by atoms with E-state index < -0.39 is 17.5 Å². The number of aromatic amines is 1. The van der Waals surface area contributed by atoms with Gasteiger partial charge in [-0.3, -0.25) is 14.4 Å². The molecule has 336 valence electrons. The fourth-order valence-electron chi connectivity index (χ4n) is 8.78. The maximum absolute atomic E-state index is 13.6. The predicted molar refractivity (Wildman–Crippen MR) is 247 cm³/mol. The quantitative estimate of drug-likeness (QED) is 0.0484. The molecule has 0 fully saturated rings. The molecule has 3 unspecified atom stereocenters. The lowest BCUT2D eigenvalue weighted by molar-refractivity contribution is -0.172. The number of rotatable bonds is 20. The minimum Gasteiger partial charge on any atom is -0.490 e. The van der Waals surface area contributed by atoms with Crippen LogP contribution in [0.1, 0.15) is 119 Å². The summed E-state index contributed by atoms with van der Waals surface area (Å²) in [5.74, 6) is -0.632. The number of carbonyl (C=O) groups excluding carboxylic acids is 3. The SMILES string of the molecule is C=CC1=C(C(=O)C/C(CN)=C(/CC)c2cc(OC/C=C/COc3ccc(C)c(/C(CC)=C(/C)C(CC)c4cc5c(c(=O)[nH]4)COC(=O)C5(O)CC)c3)ccc2N)COC(=O)C1CC. The average molecular weight is 862 g/mol. The molecule has 0 saturated heterocycles. The van der Waals surface area contributed by atoms with Crippen LogP contribution in [0.4, 0.5) is 5.69 Å². The number of ketones is 1. The third-order valence-corrected chi connectivity index (χ3v) is 12.4. The Labute approximate surface area is 370 Å². The van der Waals surface area contributed by atoms with Gasteiger partial charge in [0.15, 0.2) is 11.4 Å². The van der Waals surface area contributed by atoms with E-state index in [0.717, 1.165) is 45.4 Å². The fraction of sp³-hybridized carbons (Fsp3) is 0.412. The van der Waals surface area contributed by atoms with E-state index in [0.29, 0.717) is 65.5 Å². The standard InChI is InChI=1S/C51H63N3O9/c1-9-35(31(8)36(10-2)46-26-44-43(48(56)54-46)29-63-50(58)51(44,59)14-6)40-24-33(18-17-30(40)7)60-21-15-16-22-61-34-19-20-45(53)41(25-34)37(11-3)32(27-52)23-47(55)42-28-62-49(57)39(13-5)38(42)12-4/h12,15-20,24-26,36,39,59H,4,9-11,13-14,21-23,27-29,52-53H2,1-3,5-8H3,(H,54,56)/b16-15+,35-31-,37-32+. The highest BCUT2D eigenvalue weighted by Crippen LogP contribution is 2.40. The summed E-state index contributed by atoms with van der Waals surface area (Å²) in [7, 11) is 0. The lowest BCUT2D eigenvalue weighted by atomic mass is 9.82. The van der Waals surface area contributed by atoms with Crippen LogP contribution < -0.4 is 26.5 Å². The molecule has 5 rings (SSSR count). The molecule has 3 heterocycles. The Bertz CT molecular complexity index is 2420. The zero-order valence-electron chi connectivity index (χ0n) is 37.8. The summed E-state index contributed by atoms with van der Waals surface area (Å²) < 4.78 is 22.8. The number of aryl methyl sites for hydroxylation is 1. The number of aromatic nitrogens is 1. The van der Waals surface area contributed by atoms with Crippen molar-refractivity contribution in [2.45, 2.75) is 105 Å². The number of anilines is 1. The van der Waals surface area contributed by atoms with Gasteiger partial charge in [-0.1, -0.05) is 58.9 Å². The number of nitrogen functional groups attached to an aromatic ring is 1. The number of benzene rings is 2. The van der Waals surface area contributed by atoms with Crippen LogP contribution in [0.15, 0.2) is 94.4 Å². The van der Waals surface area contributed by atoms with E-state index in [2.05, 4.69) is 39.3 Å². The van der Waals surface area contributed by atoms with Crippen molar-refractivity contribution in [2.75, 3.05) is 32.1 Å². The largest absolute Gasteiger partial charge is 0.490 e. The first-order chi connectivity index (χ1) is 30.2. The van der Waals surface area contributed by atoms with Crippen molar-refractivity contribution in [1.82, 2.24) is 4.98 Å². The van der Waals surface area contributed by atoms with Crippen LogP contribution in [0.5, 0.6) is 11.5 Å². The molecule has 0 aliphatic carbocycles. The number of esters is 2. The first-order valence-electron chi connectivity index (χ1n) is 21.9. The highest BCUT2D eigenvalue weighted by molar-refractivity contribution is 6.01. The van der Waals surface area contributed by atoms with Gasteiger partial charge in [0.05, 0.1) is 11.5 Å². The van der Waals surface area contributed by atoms with E-state index in [1.165, 1.54) is 0 Å². The lowest BCUT2D eigenvalue weighted by Gasteiger charge is -2.32. The zero-order valence-corrected chi connectivity index (χ0v) is 37.8. The van der Waals surface area contributed by atoms with E-state index >= 15 is 0 Å². The molecule has 1 aromatic heterocycles. The summed E-state index contributed by atoms with van der Waals surface area (Å²) in [6.07, 6.45) is 8.00. The molecular formula is C51H63N3O9. The van der Waals surface area contributed by atoms with Crippen LogP contribution in [0.3, 0.4) is 0 Å². The number of Topliss-reactive ketones (excluding diaryl/α,β-unsaturated/α-hetero) is 1. The molecule has 6 N–H and O–H groups in total. The van der Waals surface area contributed by atoms with Crippen LogP contribution in [0, 0.1) is 12.8 Å². The van der Waals surface area contributed by atoms with E-state index in [9.17, 15) is 24.3 Å². The number of cyclic esters (lactones) is 2. The molecule has 3 atom stereocenters. The highest BCUT2D eigenvalue weighted by atomic mass is 16.6. The predicted octanol–water partition coefficient (Wildman–Crippen LogP) is 8.46. The van der Waals surface area contributed by atoms with Crippen LogP contribution in [-0.4, -0.2) is 54.2 Å². The Morgan fingerprint density at radius 3 is 2.19 bits per heavy atom. The summed E-state index contributed by atoms with van der Waals surface area (Å²) in [4.78, 5) is 54.8. The molecule has 2 aliphatic heterocycles. The first kappa shape index (κ1) is 48.1. The van der Waals surface area contributed by atoms with Crippen molar-refractivity contribution >= 4 is 34.6 Å². The number of fused-ring (bicyclic) bond motifs is 1. The Hall–Kier alpha value is -5.98. The summed E-state index contributed by atoms with van der Waals surface area (Å²) in [5, 5.41) is 11.3. The minimum atomic E-state index is -1.87. The third kappa shape index (κ3) is 10.3. The number of nitrogens with two attached hydrogens (primary N) is 2. The number of hydrogen-bond donors (Lipinski definition) is 4. The summed E-state index contributed by atoms with van der Waals surface area (Å²) in [6, 6.07) is 13.2. The molecule has 0 radical (unpaired) electrons. The average Bonchev–Trinajstić information content (AvgIpc) is 3.28. The summed E-state index contributed by atoms with van der Waals surface area (Å²) in [5.41, 5.74) is 20.0. The van der Waals surface area contributed by atoms with Crippen LogP contribution in [0.25, 0.3) is 11.1 Å². The van der Waals surface area contributed by atoms with Gasteiger partial charge in [-0.25, -0.2) is 4.79 Å². The molecule has 12 heteroatoms. The van der Waals surface area contributed by atoms with E-state index in [1.807, 2.05) is 50.3 Å². The molecule has 2 aromatic carbocycles. The van der Waals surface area contributed by atoms with Crippen molar-refractivity contribution in [1.29, 1.82) is 0 Å². The first-order valence-corrected chi connectivity index (χ1v) is 21.9. The number of carbonyl (C=O) groups is 3. The Kier molecular flexibility index (Phi) is 16.3. The normalized spacial score (nSPS) is 18.8. The van der Waals surface area contributed by atoms with E-state index in [1.54, 1.807) is 31.2 Å². The third-order valence-electron chi connectivity index (χ3n) is 12.4. The Morgan fingerprint density at radius 2 is 1.60 bits per heavy atom. The Balaban J connectivity index is 1.27. The number of hydrogen-bond acceptors (Lipinski definition) is 11. The lowest BCUT2D eigenvalue weighted by Crippen LogP contribution is -2.43. The van der Waals surface area contributed by atoms with Crippen molar-refractivity contribution in [3.8, 4) is 11.5 Å². The molecule has 0 saturated carbocycles. The van der Waals surface area contributed by atoms with Crippen LogP contribution in [-0.2, 0) is 36.1 Å². The molecule has 2 aliphatic rings. The fourth-order valence-corrected chi connectivity index (χ4v) is 8.78. The van der Waals surface area contributed by atoms with Crippen molar-refractivity contribution in [3.05, 3.63) is 133 Å². The molecule has 12 nitrogen and oxygen atoms in total. The number of aliphatic hydroxyl groups is 1. The van der Waals surface area contributed by atoms with Crippen molar-refractivity contribution in [3.63, 3.8) is 0 Å². The molecule has 0 bridgehead atoms. The number of nitrogens with one attached hydrogen (secondary N) is 1. The minimum absolute atomic E-state index is 0.0633. The smallest absolute Gasteiger partial charge is 0.343 e. The molecule has 63 heavy (non-hydrogen) atoms. The van der Waals surface area contributed by atoms with E-state index in [-0.39, 0.29) is 68.0 Å². The topological polar surface area (TPSA) is 193 Å². The molecule has 0 spiro atoms. The summed E-state index contributed by atoms with van der Waals surface area (Å²) >= 11 is 0. The number of allylic oxidation sites excluding steroid dienone is 4. The van der Waals surface area contributed by atoms with Gasteiger partial charge >= 0.3 is 11.9 Å². The Morgan fingerprint density at radius 1 is 0.952 bits per heavy atom. The van der Waals surface area contributed by atoms with E-state index in [4.69, 9.17) is 30.4 Å². The highest BCUT2D eigenvalue weighted by Gasteiger charge is 2.44. The van der Waals surface area contributed by atoms with Gasteiger partial charge < -0.3 is 40.5 Å². The number of ether oxygens (including phenoxy) is 4. The van der Waals surface area contributed by atoms with Crippen molar-refractivity contribution in [2.24, 2.45) is 11.7 Å². The zero-order chi connectivity index (χ0) is 46.0. The van der Waals surface area contributed by atoms with Gasteiger partial charge in [-0.15, -0.1) is 0 Å². The molecular weight excluding hydrogens is 799 g/mol. The monoisotopic (exact) mass is 861 g/mol. The molecule has 3 aromatic rings. The second-order valence-corrected chi connectivity index (χ2v) is 16.0. The van der Waals surface area contributed by atoms with Gasteiger partial charge in [-0.2, -0.15) is 0 Å². The molecule has 0 amide bonds. The number of H-pyrrole nitrogens is 1. The maximum Gasteiger partial charge on any atom is 0.343 e. The summed E-state index contributed by atoms with van der Waals surface area (Å²) in [6.45, 7) is 18.2. The van der Waals surface area contributed by atoms with Crippen LogP contribution >= 0.6 is 0 Å². The number of pyridine rings is 1. The van der Waals surface area contributed by atoms with Crippen LogP contribution in [0.2, 0.25) is 0 Å². The van der Waals surface area contributed by atoms with Gasteiger partial charge in [0.2, 0.25) is 0 Å². The van der Waals surface area contributed by atoms with Gasteiger partial charge in [0, 0.05) is 47.0 Å².